The third-order valence-corrected chi connectivity index (χ3v) is 3.97. The summed E-state index contributed by atoms with van der Waals surface area (Å²) in [6.45, 7) is 8.99. The number of nitrogens with two attached hydrogens (primary N) is 1. The fourth-order valence-electron chi connectivity index (χ4n) is 2.01. The van der Waals surface area contributed by atoms with Crippen LogP contribution in [-0.4, -0.2) is 16.3 Å². The molecule has 0 aliphatic carbocycles. The summed E-state index contributed by atoms with van der Waals surface area (Å²) in [6, 6.07) is 8.34. The van der Waals surface area contributed by atoms with E-state index in [-0.39, 0.29) is 5.41 Å². The fourth-order valence-corrected chi connectivity index (χ4v) is 2.49. The van der Waals surface area contributed by atoms with Crippen molar-refractivity contribution in [1.29, 1.82) is 0 Å². The van der Waals surface area contributed by atoms with Gasteiger partial charge in [0, 0.05) is 22.1 Å². The quantitative estimate of drug-likeness (QED) is 0.940. The van der Waals surface area contributed by atoms with Crippen molar-refractivity contribution in [2.24, 2.45) is 5.73 Å². The van der Waals surface area contributed by atoms with Crippen molar-refractivity contribution in [3.63, 3.8) is 0 Å². The monoisotopic (exact) mass is 321 g/mol. The lowest BCUT2D eigenvalue weighted by molar-refractivity contribution is 0.515. The molecule has 0 aliphatic heterocycles. The van der Waals surface area contributed by atoms with E-state index in [0.29, 0.717) is 6.54 Å². The molecule has 0 bridgehead atoms. The van der Waals surface area contributed by atoms with E-state index < -0.39 is 0 Å². The molecule has 0 amide bonds. The zero-order valence-electron chi connectivity index (χ0n) is 11.9. The summed E-state index contributed by atoms with van der Waals surface area (Å²) >= 11 is 3.49. The highest BCUT2D eigenvalue weighted by molar-refractivity contribution is 9.10. The second kappa shape index (κ2) is 5.10. The van der Waals surface area contributed by atoms with Gasteiger partial charge in [0.2, 0.25) is 0 Å². The minimum atomic E-state index is -0.0979. The molecule has 0 atom stereocenters. The SMILES string of the molecule is Cc1cc(Br)ccc1-n1nc(C(C)(C)CN)cc1C. The maximum Gasteiger partial charge on any atom is 0.0700 e. The summed E-state index contributed by atoms with van der Waals surface area (Å²) in [5, 5.41) is 4.73. The highest BCUT2D eigenvalue weighted by Gasteiger charge is 2.23. The van der Waals surface area contributed by atoms with Crippen LogP contribution in [-0.2, 0) is 5.41 Å². The van der Waals surface area contributed by atoms with Crippen molar-refractivity contribution in [1.82, 2.24) is 9.78 Å². The van der Waals surface area contributed by atoms with Gasteiger partial charge in [0.15, 0.2) is 0 Å². The van der Waals surface area contributed by atoms with Crippen LogP contribution in [0.15, 0.2) is 28.7 Å². The van der Waals surface area contributed by atoms with Gasteiger partial charge < -0.3 is 5.73 Å². The molecule has 0 spiro atoms. The molecular formula is C15H20BrN3. The molecule has 1 aromatic carbocycles. The van der Waals surface area contributed by atoms with Gasteiger partial charge in [0.05, 0.1) is 11.4 Å². The van der Waals surface area contributed by atoms with Crippen LogP contribution in [0.3, 0.4) is 0 Å². The fraction of sp³-hybridized carbons (Fsp3) is 0.400. The van der Waals surface area contributed by atoms with Gasteiger partial charge in [-0.1, -0.05) is 29.8 Å². The number of hydrogen-bond donors (Lipinski definition) is 1. The second-order valence-corrected chi connectivity index (χ2v) is 6.52. The average Bonchev–Trinajstić information content (AvgIpc) is 2.72. The van der Waals surface area contributed by atoms with Gasteiger partial charge in [0.25, 0.3) is 0 Å². The zero-order chi connectivity index (χ0) is 14.2. The van der Waals surface area contributed by atoms with Crippen molar-refractivity contribution in [3.8, 4) is 5.69 Å². The van der Waals surface area contributed by atoms with E-state index in [4.69, 9.17) is 10.8 Å². The molecule has 2 rings (SSSR count). The highest BCUT2D eigenvalue weighted by Crippen LogP contribution is 2.25. The predicted octanol–water partition coefficient (Wildman–Crippen LogP) is 3.49. The smallest absolute Gasteiger partial charge is 0.0700 e. The van der Waals surface area contributed by atoms with Gasteiger partial charge in [0.1, 0.15) is 0 Å². The summed E-state index contributed by atoms with van der Waals surface area (Å²) in [5.74, 6) is 0. The molecule has 1 aromatic heterocycles. The zero-order valence-corrected chi connectivity index (χ0v) is 13.5. The number of rotatable bonds is 3. The molecule has 19 heavy (non-hydrogen) atoms. The molecule has 102 valence electrons. The Morgan fingerprint density at radius 2 is 1.95 bits per heavy atom. The van der Waals surface area contributed by atoms with Crippen LogP contribution in [0.5, 0.6) is 0 Å². The Morgan fingerprint density at radius 1 is 1.26 bits per heavy atom. The first-order valence-electron chi connectivity index (χ1n) is 6.39. The first kappa shape index (κ1) is 14.3. The van der Waals surface area contributed by atoms with Crippen molar-refractivity contribution in [2.45, 2.75) is 33.1 Å². The van der Waals surface area contributed by atoms with Crippen LogP contribution in [0.1, 0.15) is 30.8 Å². The summed E-state index contributed by atoms with van der Waals surface area (Å²) in [6.07, 6.45) is 0. The predicted molar refractivity (Wildman–Crippen MR) is 82.8 cm³/mol. The Bertz CT molecular complexity index is 599. The third-order valence-electron chi connectivity index (χ3n) is 3.48. The Hall–Kier alpha value is -1.13. The van der Waals surface area contributed by atoms with Crippen molar-refractivity contribution in [2.75, 3.05) is 6.54 Å². The number of aryl methyl sites for hydroxylation is 2. The van der Waals surface area contributed by atoms with E-state index >= 15 is 0 Å². The molecule has 2 aromatic rings. The van der Waals surface area contributed by atoms with Gasteiger partial charge in [-0.25, -0.2) is 4.68 Å². The topological polar surface area (TPSA) is 43.8 Å². The molecule has 4 heteroatoms. The summed E-state index contributed by atoms with van der Waals surface area (Å²) in [5.41, 5.74) is 10.2. The largest absolute Gasteiger partial charge is 0.330 e. The highest BCUT2D eigenvalue weighted by atomic mass is 79.9. The number of aromatic nitrogens is 2. The van der Waals surface area contributed by atoms with Crippen LogP contribution >= 0.6 is 15.9 Å². The van der Waals surface area contributed by atoms with Gasteiger partial charge in [-0.05, 0) is 43.7 Å². The summed E-state index contributed by atoms with van der Waals surface area (Å²) in [7, 11) is 0. The first-order chi connectivity index (χ1) is 8.85. The molecule has 0 saturated carbocycles. The first-order valence-corrected chi connectivity index (χ1v) is 7.18. The number of hydrogen-bond acceptors (Lipinski definition) is 2. The summed E-state index contributed by atoms with van der Waals surface area (Å²) < 4.78 is 3.08. The van der Waals surface area contributed by atoms with Gasteiger partial charge in [-0.15, -0.1) is 0 Å². The minimum Gasteiger partial charge on any atom is -0.330 e. The number of halogens is 1. The lowest BCUT2D eigenvalue weighted by Gasteiger charge is -2.19. The minimum absolute atomic E-state index is 0.0979. The normalized spacial score (nSPS) is 11.9. The lowest BCUT2D eigenvalue weighted by atomic mass is 9.90. The van der Waals surface area contributed by atoms with Crippen LogP contribution in [0, 0.1) is 13.8 Å². The molecule has 2 N–H and O–H groups in total. The standard InChI is InChI=1S/C15H20BrN3/c1-10-7-12(16)5-6-13(10)19-11(2)8-14(18-19)15(3,4)9-17/h5-8H,9,17H2,1-4H3. The van der Waals surface area contributed by atoms with Crippen LogP contribution in [0.4, 0.5) is 0 Å². The molecule has 0 fully saturated rings. The van der Waals surface area contributed by atoms with E-state index in [2.05, 4.69) is 61.8 Å². The molecular weight excluding hydrogens is 302 g/mol. The Labute approximate surface area is 122 Å². The van der Waals surface area contributed by atoms with Gasteiger partial charge in [-0.3, -0.25) is 0 Å². The maximum absolute atomic E-state index is 5.83. The van der Waals surface area contributed by atoms with E-state index in [9.17, 15) is 0 Å². The van der Waals surface area contributed by atoms with Crippen LogP contribution < -0.4 is 5.73 Å². The molecule has 0 saturated heterocycles. The van der Waals surface area contributed by atoms with E-state index in [1.165, 1.54) is 5.56 Å². The van der Waals surface area contributed by atoms with Crippen LogP contribution in [0.2, 0.25) is 0 Å². The van der Waals surface area contributed by atoms with Crippen molar-refractivity contribution >= 4 is 15.9 Å². The maximum atomic E-state index is 5.83. The van der Waals surface area contributed by atoms with Crippen LogP contribution in [0.25, 0.3) is 5.69 Å². The molecule has 0 unspecified atom stereocenters. The van der Waals surface area contributed by atoms with Crippen molar-refractivity contribution in [3.05, 3.63) is 45.7 Å². The summed E-state index contributed by atoms with van der Waals surface area (Å²) in [4.78, 5) is 0. The number of benzene rings is 1. The Kier molecular flexibility index (Phi) is 3.83. The van der Waals surface area contributed by atoms with E-state index in [1.807, 2.05) is 10.7 Å². The van der Waals surface area contributed by atoms with E-state index in [0.717, 1.165) is 21.5 Å². The molecule has 3 nitrogen and oxygen atoms in total. The molecule has 1 heterocycles. The lowest BCUT2D eigenvalue weighted by Crippen LogP contribution is -2.28. The Balaban J connectivity index is 2.52. The molecule has 0 radical (unpaired) electrons. The Morgan fingerprint density at radius 3 is 2.53 bits per heavy atom. The van der Waals surface area contributed by atoms with Crippen molar-refractivity contribution < 1.29 is 0 Å². The number of nitrogens with zero attached hydrogens (tertiary/aromatic N) is 2. The average molecular weight is 322 g/mol. The molecule has 0 aliphatic rings. The second-order valence-electron chi connectivity index (χ2n) is 5.60. The van der Waals surface area contributed by atoms with E-state index in [1.54, 1.807) is 0 Å². The van der Waals surface area contributed by atoms with Gasteiger partial charge in [-0.2, -0.15) is 5.10 Å². The third kappa shape index (κ3) is 2.74. The van der Waals surface area contributed by atoms with Gasteiger partial charge >= 0.3 is 0 Å².